The van der Waals surface area contributed by atoms with Crippen molar-refractivity contribution in [1.29, 1.82) is 0 Å². The molecule has 7 heteroatoms. The minimum Gasteiger partial charge on any atom is -0.493 e. The average molecular weight is 349 g/mol. The number of carbonyl (C=O) groups is 2. The van der Waals surface area contributed by atoms with E-state index in [0.29, 0.717) is 43.1 Å². The van der Waals surface area contributed by atoms with Gasteiger partial charge in [0.1, 0.15) is 0 Å². The molecular formula is C18H27N3O4. The molecule has 0 radical (unpaired) electrons. The van der Waals surface area contributed by atoms with E-state index in [1.165, 1.54) is 0 Å². The number of likely N-dealkylation sites (tertiary alicyclic amines) is 1. The molecule has 1 aliphatic heterocycles. The van der Waals surface area contributed by atoms with Gasteiger partial charge in [-0.1, -0.05) is 0 Å². The van der Waals surface area contributed by atoms with Crippen LogP contribution in [-0.2, 0) is 4.79 Å². The first-order chi connectivity index (χ1) is 11.9. The Balaban J connectivity index is 1.89. The van der Waals surface area contributed by atoms with E-state index in [4.69, 9.17) is 9.47 Å². The van der Waals surface area contributed by atoms with Gasteiger partial charge in [-0.2, -0.15) is 0 Å². The summed E-state index contributed by atoms with van der Waals surface area (Å²) in [6, 6.07) is 5.33. The number of amides is 3. The zero-order chi connectivity index (χ0) is 18.4. The Labute approximate surface area is 148 Å². The van der Waals surface area contributed by atoms with Gasteiger partial charge in [-0.05, 0) is 38.8 Å². The van der Waals surface area contributed by atoms with Crippen LogP contribution in [-0.4, -0.2) is 50.2 Å². The SMILES string of the molecule is COc1ccc(NC(=O)C2CCN(C(=O)NC(C)C)CC2)cc1OC. The third-order valence-electron chi connectivity index (χ3n) is 4.22. The predicted octanol–water partition coefficient (Wildman–Crippen LogP) is 2.47. The van der Waals surface area contributed by atoms with E-state index in [1.807, 2.05) is 13.8 Å². The van der Waals surface area contributed by atoms with Gasteiger partial charge in [-0.3, -0.25) is 4.79 Å². The lowest BCUT2D eigenvalue weighted by Gasteiger charge is -2.32. The average Bonchev–Trinajstić information content (AvgIpc) is 2.61. The summed E-state index contributed by atoms with van der Waals surface area (Å²) in [5.41, 5.74) is 0.669. The number of nitrogens with one attached hydrogen (secondary N) is 2. The van der Waals surface area contributed by atoms with E-state index >= 15 is 0 Å². The Hall–Kier alpha value is -2.44. The molecular weight excluding hydrogens is 322 g/mol. The van der Waals surface area contributed by atoms with Crippen molar-refractivity contribution in [1.82, 2.24) is 10.2 Å². The molecule has 1 fully saturated rings. The van der Waals surface area contributed by atoms with Crippen LogP contribution in [0.1, 0.15) is 26.7 Å². The molecule has 1 aromatic carbocycles. The highest BCUT2D eigenvalue weighted by Gasteiger charge is 2.27. The molecule has 1 heterocycles. The highest BCUT2D eigenvalue weighted by atomic mass is 16.5. The van der Waals surface area contributed by atoms with Gasteiger partial charge in [-0.15, -0.1) is 0 Å². The number of nitrogens with zero attached hydrogens (tertiary/aromatic N) is 1. The molecule has 2 rings (SSSR count). The minimum atomic E-state index is -0.101. The van der Waals surface area contributed by atoms with Gasteiger partial charge in [0.05, 0.1) is 14.2 Å². The van der Waals surface area contributed by atoms with Crippen LogP contribution in [0.2, 0.25) is 0 Å². The quantitative estimate of drug-likeness (QED) is 0.856. The van der Waals surface area contributed by atoms with Crippen LogP contribution in [0.4, 0.5) is 10.5 Å². The Bertz CT molecular complexity index is 610. The summed E-state index contributed by atoms with van der Waals surface area (Å²) in [6.45, 7) is 5.04. The fraction of sp³-hybridized carbons (Fsp3) is 0.556. The van der Waals surface area contributed by atoms with E-state index in [1.54, 1.807) is 37.3 Å². The molecule has 3 amide bonds. The lowest BCUT2D eigenvalue weighted by molar-refractivity contribution is -0.121. The topological polar surface area (TPSA) is 79.9 Å². The van der Waals surface area contributed by atoms with E-state index in [2.05, 4.69) is 10.6 Å². The standard InChI is InChI=1S/C18H27N3O4/c1-12(2)19-18(23)21-9-7-13(8-10-21)17(22)20-14-5-6-15(24-3)16(11-14)25-4/h5-6,11-13H,7-10H2,1-4H3,(H,19,23)(H,20,22). The van der Waals surface area contributed by atoms with Crippen molar-refractivity contribution in [3.05, 3.63) is 18.2 Å². The van der Waals surface area contributed by atoms with Crippen molar-refractivity contribution in [2.75, 3.05) is 32.6 Å². The minimum absolute atomic E-state index is 0.0314. The van der Waals surface area contributed by atoms with Crippen molar-refractivity contribution in [2.45, 2.75) is 32.7 Å². The summed E-state index contributed by atoms with van der Waals surface area (Å²) >= 11 is 0. The Morgan fingerprint density at radius 3 is 2.32 bits per heavy atom. The van der Waals surface area contributed by atoms with Crippen LogP contribution in [0.25, 0.3) is 0 Å². The number of rotatable bonds is 5. The van der Waals surface area contributed by atoms with Crippen molar-refractivity contribution >= 4 is 17.6 Å². The molecule has 0 saturated carbocycles. The Morgan fingerprint density at radius 2 is 1.76 bits per heavy atom. The second-order valence-electron chi connectivity index (χ2n) is 6.42. The van der Waals surface area contributed by atoms with Crippen molar-refractivity contribution in [3.8, 4) is 11.5 Å². The summed E-state index contributed by atoms with van der Waals surface area (Å²) < 4.78 is 10.4. The summed E-state index contributed by atoms with van der Waals surface area (Å²) in [6.07, 6.45) is 1.31. The van der Waals surface area contributed by atoms with Crippen LogP contribution < -0.4 is 20.1 Å². The van der Waals surface area contributed by atoms with Gasteiger partial charge < -0.3 is 25.0 Å². The van der Waals surface area contributed by atoms with E-state index in [-0.39, 0.29) is 23.9 Å². The number of piperidine rings is 1. The first kappa shape index (κ1) is 18.9. The van der Waals surface area contributed by atoms with Crippen molar-refractivity contribution < 1.29 is 19.1 Å². The molecule has 0 bridgehead atoms. The molecule has 0 aromatic heterocycles. The Morgan fingerprint density at radius 1 is 1.12 bits per heavy atom. The van der Waals surface area contributed by atoms with Crippen LogP contribution in [0.3, 0.4) is 0 Å². The smallest absolute Gasteiger partial charge is 0.317 e. The van der Waals surface area contributed by atoms with Gasteiger partial charge in [0.15, 0.2) is 11.5 Å². The highest BCUT2D eigenvalue weighted by Crippen LogP contribution is 2.30. The molecule has 0 spiro atoms. The summed E-state index contributed by atoms with van der Waals surface area (Å²) in [4.78, 5) is 26.2. The van der Waals surface area contributed by atoms with Crippen LogP contribution in [0.5, 0.6) is 11.5 Å². The van der Waals surface area contributed by atoms with Gasteiger partial charge in [-0.25, -0.2) is 4.79 Å². The second kappa shape index (κ2) is 8.60. The zero-order valence-electron chi connectivity index (χ0n) is 15.3. The normalized spacial score (nSPS) is 15.0. The van der Waals surface area contributed by atoms with E-state index < -0.39 is 0 Å². The summed E-state index contributed by atoms with van der Waals surface area (Å²) in [5.74, 6) is 1.05. The maximum atomic E-state index is 12.5. The van der Waals surface area contributed by atoms with Crippen LogP contribution >= 0.6 is 0 Å². The number of methoxy groups -OCH3 is 2. The molecule has 0 aliphatic carbocycles. The molecule has 25 heavy (non-hydrogen) atoms. The van der Waals surface area contributed by atoms with Crippen LogP contribution in [0.15, 0.2) is 18.2 Å². The van der Waals surface area contributed by atoms with Crippen LogP contribution in [0, 0.1) is 5.92 Å². The first-order valence-corrected chi connectivity index (χ1v) is 8.53. The van der Waals surface area contributed by atoms with E-state index in [0.717, 1.165) is 0 Å². The molecule has 1 aliphatic rings. The van der Waals surface area contributed by atoms with Gasteiger partial charge >= 0.3 is 6.03 Å². The molecule has 0 atom stereocenters. The lowest BCUT2D eigenvalue weighted by atomic mass is 9.96. The number of urea groups is 1. The predicted molar refractivity (Wildman–Crippen MR) is 96.1 cm³/mol. The van der Waals surface area contributed by atoms with Gasteiger partial charge in [0.2, 0.25) is 5.91 Å². The maximum absolute atomic E-state index is 12.5. The van der Waals surface area contributed by atoms with Gasteiger partial charge in [0.25, 0.3) is 0 Å². The molecule has 7 nitrogen and oxygen atoms in total. The molecule has 1 aromatic rings. The Kier molecular flexibility index (Phi) is 6.50. The number of hydrogen-bond acceptors (Lipinski definition) is 4. The lowest BCUT2D eigenvalue weighted by Crippen LogP contribution is -2.47. The number of ether oxygens (including phenoxy) is 2. The van der Waals surface area contributed by atoms with Gasteiger partial charge in [0, 0.05) is 36.8 Å². The molecule has 1 saturated heterocycles. The van der Waals surface area contributed by atoms with Crippen molar-refractivity contribution in [3.63, 3.8) is 0 Å². The maximum Gasteiger partial charge on any atom is 0.317 e. The molecule has 2 N–H and O–H groups in total. The number of benzene rings is 1. The zero-order valence-corrected chi connectivity index (χ0v) is 15.3. The third-order valence-corrected chi connectivity index (χ3v) is 4.22. The largest absolute Gasteiger partial charge is 0.493 e. The highest BCUT2D eigenvalue weighted by molar-refractivity contribution is 5.93. The number of carbonyl (C=O) groups excluding carboxylic acids is 2. The third kappa shape index (κ3) is 5.01. The second-order valence-corrected chi connectivity index (χ2v) is 6.42. The monoisotopic (exact) mass is 349 g/mol. The number of anilines is 1. The number of hydrogen-bond donors (Lipinski definition) is 2. The fourth-order valence-electron chi connectivity index (χ4n) is 2.84. The summed E-state index contributed by atoms with van der Waals surface area (Å²) in [5, 5.41) is 5.80. The fourth-order valence-corrected chi connectivity index (χ4v) is 2.84. The molecule has 0 unspecified atom stereocenters. The van der Waals surface area contributed by atoms with Crippen molar-refractivity contribution in [2.24, 2.45) is 5.92 Å². The summed E-state index contributed by atoms with van der Waals surface area (Å²) in [7, 11) is 3.13. The first-order valence-electron chi connectivity index (χ1n) is 8.53. The van der Waals surface area contributed by atoms with E-state index in [9.17, 15) is 9.59 Å². The molecule has 138 valence electrons.